The Kier molecular flexibility index (Phi) is 3.75. The van der Waals surface area contributed by atoms with Crippen LogP contribution in [0.15, 0.2) is 12.1 Å². The quantitative estimate of drug-likeness (QED) is 0.415. The molecule has 0 unspecified atom stereocenters. The lowest BCUT2D eigenvalue weighted by Gasteiger charge is -2.04. The van der Waals surface area contributed by atoms with Crippen LogP contribution in [0.1, 0.15) is 22.8 Å². The number of halogens is 1. The molecule has 4 heteroatoms. The van der Waals surface area contributed by atoms with Crippen LogP contribution in [-0.4, -0.2) is 10.9 Å². The number of nitrogens with two attached hydrogens (primary N) is 1. The summed E-state index contributed by atoms with van der Waals surface area (Å²) in [5, 5.41) is 9.35. The van der Waals surface area contributed by atoms with Crippen molar-refractivity contribution in [3.8, 4) is 5.75 Å². The van der Waals surface area contributed by atoms with Crippen LogP contribution < -0.4 is 5.73 Å². The van der Waals surface area contributed by atoms with Crippen LogP contribution in [0, 0.1) is 6.92 Å². The van der Waals surface area contributed by atoms with Crippen LogP contribution in [-0.2, 0) is 0 Å². The van der Waals surface area contributed by atoms with Gasteiger partial charge in [0.2, 0.25) is 0 Å². The molecule has 13 heavy (non-hydrogen) atoms. The molecule has 0 aliphatic carbocycles. The van der Waals surface area contributed by atoms with E-state index in [1.54, 1.807) is 12.1 Å². The monoisotopic (exact) mass is 201 g/mol. The summed E-state index contributed by atoms with van der Waals surface area (Å²) in [6.45, 7) is 3.22. The molecule has 0 atom stereocenters. The number of phenolic OH excluding ortho intramolecular Hbond substituents is 1. The summed E-state index contributed by atoms with van der Waals surface area (Å²) in [5.41, 5.74) is 6.86. The minimum absolute atomic E-state index is 0. The van der Waals surface area contributed by atoms with Crippen molar-refractivity contribution in [2.24, 2.45) is 0 Å². The minimum atomic E-state index is -0.178. The van der Waals surface area contributed by atoms with Crippen molar-refractivity contribution >= 4 is 23.9 Å². The first-order valence-electron chi connectivity index (χ1n) is 3.62. The average Bonchev–Trinajstić information content (AvgIpc) is 1.96. The van der Waals surface area contributed by atoms with Gasteiger partial charge < -0.3 is 10.8 Å². The first-order valence-corrected chi connectivity index (χ1v) is 3.62. The van der Waals surface area contributed by atoms with Gasteiger partial charge in [0.15, 0.2) is 5.78 Å². The van der Waals surface area contributed by atoms with Gasteiger partial charge in [0.1, 0.15) is 5.75 Å². The summed E-state index contributed by atoms with van der Waals surface area (Å²) < 4.78 is 0. The maximum atomic E-state index is 11.0. The zero-order valence-corrected chi connectivity index (χ0v) is 8.31. The third kappa shape index (κ3) is 2.36. The van der Waals surface area contributed by atoms with Gasteiger partial charge in [-0.3, -0.25) is 4.79 Å². The molecule has 0 aliphatic rings. The number of ketones is 1. The predicted molar refractivity (Wildman–Crippen MR) is 54.5 cm³/mol. The lowest BCUT2D eigenvalue weighted by molar-refractivity contribution is 0.101. The fourth-order valence-corrected chi connectivity index (χ4v) is 1.08. The summed E-state index contributed by atoms with van der Waals surface area (Å²) in [4.78, 5) is 11.0. The molecule has 0 radical (unpaired) electrons. The van der Waals surface area contributed by atoms with Crippen LogP contribution in [0.3, 0.4) is 0 Å². The van der Waals surface area contributed by atoms with Crippen LogP contribution >= 0.6 is 12.4 Å². The van der Waals surface area contributed by atoms with Crippen LogP contribution in [0.5, 0.6) is 5.75 Å². The molecule has 72 valence electrons. The molecule has 1 aromatic carbocycles. The van der Waals surface area contributed by atoms with Crippen molar-refractivity contribution in [1.29, 1.82) is 0 Å². The number of benzene rings is 1. The Morgan fingerprint density at radius 2 is 2.00 bits per heavy atom. The van der Waals surface area contributed by atoms with Crippen LogP contribution in [0.25, 0.3) is 0 Å². The van der Waals surface area contributed by atoms with E-state index in [0.29, 0.717) is 0 Å². The standard InChI is InChI=1S/C9H11NO2.ClH/c1-5-3-7(6(2)11)9(12)8(10)4-5;/h3-4,12H,10H2,1-2H3;1H. The van der Waals surface area contributed by atoms with Crippen molar-refractivity contribution < 1.29 is 9.90 Å². The Bertz CT molecular complexity index is 337. The van der Waals surface area contributed by atoms with Crippen molar-refractivity contribution in [1.82, 2.24) is 0 Å². The van der Waals surface area contributed by atoms with Gasteiger partial charge in [0.05, 0.1) is 11.3 Å². The van der Waals surface area contributed by atoms with Crippen molar-refractivity contribution in [3.05, 3.63) is 23.3 Å². The zero-order valence-electron chi connectivity index (χ0n) is 7.50. The number of anilines is 1. The van der Waals surface area contributed by atoms with Gasteiger partial charge in [-0.05, 0) is 31.5 Å². The maximum Gasteiger partial charge on any atom is 0.163 e. The van der Waals surface area contributed by atoms with Gasteiger partial charge in [0.25, 0.3) is 0 Å². The first-order chi connectivity index (χ1) is 5.52. The molecular weight excluding hydrogens is 190 g/mol. The molecule has 0 amide bonds. The Morgan fingerprint density at radius 1 is 1.46 bits per heavy atom. The number of nitrogen functional groups attached to an aromatic ring is 1. The number of hydrogen-bond acceptors (Lipinski definition) is 3. The molecule has 0 aromatic heterocycles. The number of aromatic hydroxyl groups is 1. The Hall–Kier alpha value is -1.22. The summed E-state index contributed by atoms with van der Waals surface area (Å²) in [6.07, 6.45) is 0. The third-order valence-corrected chi connectivity index (χ3v) is 1.66. The van der Waals surface area contributed by atoms with E-state index in [1.807, 2.05) is 6.92 Å². The van der Waals surface area contributed by atoms with Crippen molar-refractivity contribution in [2.45, 2.75) is 13.8 Å². The molecule has 3 N–H and O–H groups in total. The van der Waals surface area contributed by atoms with E-state index in [9.17, 15) is 9.90 Å². The number of rotatable bonds is 1. The second-order valence-electron chi connectivity index (χ2n) is 2.81. The lowest BCUT2D eigenvalue weighted by Crippen LogP contribution is -1.97. The van der Waals surface area contributed by atoms with Gasteiger partial charge in [-0.15, -0.1) is 12.4 Å². The number of carbonyl (C=O) groups is 1. The largest absolute Gasteiger partial charge is 0.505 e. The fraction of sp³-hybridized carbons (Fsp3) is 0.222. The molecule has 1 rings (SSSR count). The fourth-order valence-electron chi connectivity index (χ4n) is 1.08. The second kappa shape index (κ2) is 4.14. The molecule has 0 heterocycles. The molecule has 3 nitrogen and oxygen atoms in total. The number of carbonyl (C=O) groups excluding carboxylic acids is 1. The normalized spacial score (nSPS) is 9.08. The van der Waals surface area contributed by atoms with E-state index in [1.165, 1.54) is 6.92 Å². The molecule has 0 bridgehead atoms. The summed E-state index contributed by atoms with van der Waals surface area (Å²) in [7, 11) is 0. The van der Waals surface area contributed by atoms with E-state index in [0.717, 1.165) is 5.56 Å². The molecular formula is C9H12ClNO2. The molecule has 0 spiro atoms. The number of Topliss-reactive ketones (excluding diaryl/α,β-unsaturated/α-hetero) is 1. The summed E-state index contributed by atoms with van der Waals surface area (Å²) in [6, 6.07) is 3.25. The maximum absolute atomic E-state index is 11.0. The minimum Gasteiger partial charge on any atom is -0.505 e. The third-order valence-electron chi connectivity index (χ3n) is 1.66. The molecule has 1 aromatic rings. The average molecular weight is 202 g/mol. The highest BCUT2D eigenvalue weighted by Crippen LogP contribution is 2.26. The molecule has 0 saturated carbocycles. The smallest absolute Gasteiger partial charge is 0.163 e. The van der Waals surface area contributed by atoms with Gasteiger partial charge in [0, 0.05) is 0 Å². The zero-order chi connectivity index (χ0) is 9.30. The highest BCUT2D eigenvalue weighted by Gasteiger charge is 2.09. The lowest BCUT2D eigenvalue weighted by atomic mass is 10.1. The van der Waals surface area contributed by atoms with Gasteiger partial charge in [-0.1, -0.05) is 0 Å². The molecule has 0 saturated heterocycles. The second-order valence-corrected chi connectivity index (χ2v) is 2.81. The SMILES string of the molecule is CC(=O)c1cc(C)cc(N)c1O.Cl. The summed E-state index contributed by atoms with van der Waals surface area (Å²) in [5.74, 6) is -0.295. The van der Waals surface area contributed by atoms with E-state index >= 15 is 0 Å². The Balaban J connectivity index is 0.00000144. The number of aryl methyl sites for hydroxylation is 1. The van der Waals surface area contributed by atoms with Crippen LogP contribution in [0.4, 0.5) is 5.69 Å². The van der Waals surface area contributed by atoms with E-state index in [4.69, 9.17) is 5.73 Å². The first kappa shape index (κ1) is 11.8. The van der Waals surface area contributed by atoms with Crippen LogP contribution in [0.2, 0.25) is 0 Å². The number of phenols is 1. The van der Waals surface area contributed by atoms with E-state index < -0.39 is 0 Å². The Labute approximate surface area is 83.0 Å². The van der Waals surface area contributed by atoms with E-state index in [-0.39, 0.29) is 35.2 Å². The summed E-state index contributed by atoms with van der Waals surface area (Å²) >= 11 is 0. The molecule has 0 aliphatic heterocycles. The number of hydrogen-bond donors (Lipinski definition) is 2. The van der Waals surface area contributed by atoms with Crippen molar-refractivity contribution in [3.63, 3.8) is 0 Å². The van der Waals surface area contributed by atoms with Crippen molar-refractivity contribution in [2.75, 3.05) is 5.73 Å². The van der Waals surface area contributed by atoms with Gasteiger partial charge in [-0.2, -0.15) is 0 Å². The Morgan fingerprint density at radius 3 is 2.46 bits per heavy atom. The van der Waals surface area contributed by atoms with Gasteiger partial charge in [-0.25, -0.2) is 0 Å². The van der Waals surface area contributed by atoms with Gasteiger partial charge >= 0.3 is 0 Å². The highest BCUT2D eigenvalue weighted by molar-refractivity contribution is 5.98. The predicted octanol–water partition coefficient (Wildman–Crippen LogP) is 1.91. The topological polar surface area (TPSA) is 63.3 Å². The van der Waals surface area contributed by atoms with E-state index in [2.05, 4.69) is 0 Å². The highest BCUT2D eigenvalue weighted by atomic mass is 35.5. The molecule has 0 fully saturated rings.